The molecule has 0 aliphatic carbocycles. The first-order valence-corrected chi connectivity index (χ1v) is 8.97. The number of carbonyl (C=O) groups excluding carboxylic acids is 2. The first-order chi connectivity index (χ1) is 14.4. The number of ether oxygens (including phenoxy) is 1. The molecule has 30 heavy (non-hydrogen) atoms. The van der Waals surface area contributed by atoms with Crippen molar-refractivity contribution in [1.82, 2.24) is 15.3 Å². The molecule has 3 N–H and O–H groups in total. The van der Waals surface area contributed by atoms with Gasteiger partial charge in [0.05, 0.1) is 11.5 Å². The summed E-state index contributed by atoms with van der Waals surface area (Å²) < 4.78 is 5.61. The van der Waals surface area contributed by atoms with E-state index in [4.69, 9.17) is 16.9 Å². The van der Waals surface area contributed by atoms with Crippen molar-refractivity contribution in [2.75, 3.05) is 18.0 Å². The molecule has 0 spiro atoms. The van der Waals surface area contributed by atoms with E-state index >= 15 is 0 Å². The molecule has 11 nitrogen and oxygen atoms in total. The highest BCUT2D eigenvalue weighted by atomic mass is 16.6. The van der Waals surface area contributed by atoms with Gasteiger partial charge in [0.25, 0.3) is 0 Å². The zero-order valence-corrected chi connectivity index (χ0v) is 15.8. The first kappa shape index (κ1) is 20.5. The lowest BCUT2D eigenvalue weighted by Gasteiger charge is -2.24. The lowest BCUT2D eigenvalue weighted by Crippen LogP contribution is -2.46. The lowest BCUT2D eigenvalue weighted by molar-refractivity contribution is -0.385. The third-order valence-electron chi connectivity index (χ3n) is 4.43. The van der Waals surface area contributed by atoms with E-state index in [1.807, 2.05) is 0 Å². The van der Waals surface area contributed by atoms with Gasteiger partial charge < -0.3 is 20.7 Å². The molecular weight excluding hydrogens is 392 g/mol. The van der Waals surface area contributed by atoms with Crippen LogP contribution in [-0.4, -0.2) is 45.8 Å². The predicted octanol–water partition coefficient (Wildman–Crippen LogP) is 0.729. The van der Waals surface area contributed by atoms with E-state index in [1.165, 1.54) is 4.90 Å². The Morgan fingerprint density at radius 1 is 1.43 bits per heavy atom. The van der Waals surface area contributed by atoms with Crippen LogP contribution in [0, 0.1) is 22.5 Å². The molecule has 1 saturated heterocycles. The number of terminal acetylenes is 1. The summed E-state index contributed by atoms with van der Waals surface area (Å²) in [4.78, 5) is 44.0. The van der Waals surface area contributed by atoms with Crippen molar-refractivity contribution in [3.63, 3.8) is 0 Å². The topological polar surface area (TPSA) is 154 Å². The quantitative estimate of drug-likeness (QED) is 0.385. The number of rotatable bonds is 7. The zero-order valence-electron chi connectivity index (χ0n) is 15.8. The van der Waals surface area contributed by atoms with E-state index in [-0.39, 0.29) is 24.0 Å². The van der Waals surface area contributed by atoms with E-state index in [1.54, 1.807) is 24.3 Å². The fourth-order valence-electron chi connectivity index (χ4n) is 3.14. The molecule has 1 fully saturated rings. The van der Waals surface area contributed by atoms with Gasteiger partial charge in [0, 0.05) is 12.1 Å². The zero-order chi connectivity index (χ0) is 21.7. The molecule has 11 heteroatoms. The fraction of sp³-hybridized carbons (Fsp3) is 0.263. The molecule has 3 rings (SSSR count). The number of hydrogen-bond donors (Lipinski definition) is 2. The Morgan fingerprint density at radius 2 is 2.23 bits per heavy atom. The minimum atomic E-state index is -0.740. The standard InChI is InChI=1S/C19H18N6O5/c1-2-12-5-3-6-13(9-12)30-19-16(25(28)29)17(22-11-23-19)24-8-4-7-14(24)18(27)21-10-15(20)26/h1,3,5-6,9,11,14H,4,7-8,10H2,(H2,20,26)(H,21,27). The SMILES string of the molecule is C#Cc1cccc(Oc2ncnc(N3CCCC3C(=O)NCC(N)=O)c2[N+](=O)[O-])c1. The summed E-state index contributed by atoms with van der Waals surface area (Å²) in [6.07, 6.45) is 7.54. The highest BCUT2D eigenvalue weighted by Gasteiger charge is 2.38. The van der Waals surface area contributed by atoms with Crippen LogP contribution in [0.5, 0.6) is 11.6 Å². The lowest BCUT2D eigenvalue weighted by atomic mass is 10.2. The number of hydrogen-bond acceptors (Lipinski definition) is 8. The molecule has 0 saturated carbocycles. The number of nitrogens with two attached hydrogens (primary N) is 1. The third kappa shape index (κ3) is 4.44. The molecule has 0 radical (unpaired) electrons. The predicted molar refractivity (Wildman–Crippen MR) is 106 cm³/mol. The Labute approximate surface area is 171 Å². The number of amides is 2. The van der Waals surface area contributed by atoms with E-state index in [0.29, 0.717) is 24.9 Å². The molecule has 1 aliphatic rings. The van der Waals surface area contributed by atoms with Crippen LogP contribution in [0.4, 0.5) is 11.5 Å². The average Bonchev–Trinajstić information content (AvgIpc) is 3.21. The van der Waals surface area contributed by atoms with Crippen LogP contribution in [0.15, 0.2) is 30.6 Å². The summed E-state index contributed by atoms with van der Waals surface area (Å²) in [6, 6.07) is 5.73. The van der Waals surface area contributed by atoms with Gasteiger partial charge in [0.2, 0.25) is 17.6 Å². The van der Waals surface area contributed by atoms with Crippen LogP contribution in [0.2, 0.25) is 0 Å². The average molecular weight is 410 g/mol. The summed E-state index contributed by atoms with van der Waals surface area (Å²) in [5, 5.41) is 14.3. The van der Waals surface area contributed by atoms with Crippen LogP contribution in [0.3, 0.4) is 0 Å². The van der Waals surface area contributed by atoms with Crippen LogP contribution >= 0.6 is 0 Å². The minimum absolute atomic E-state index is 0.0465. The Morgan fingerprint density at radius 3 is 2.93 bits per heavy atom. The number of anilines is 1. The number of benzene rings is 1. The van der Waals surface area contributed by atoms with Crippen molar-refractivity contribution in [3.8, 4) is 24.0 Å². The van der Waals surface area contributed by atoms with E-state index in [0.717, 1.165) is 6.33 Å². The molecule has 0 bridgehead atoms. The van der Waals surface area contributed by atoms with Crippen LogP contribution in [-0.2, 0) is 9.59 Å². The number of carbonyl (C=O) groups is 2. The summed E-state index contributed by atoms with van der Waals surface area (Å²) in [7, 11) is 0. The van der Waals surface area contributed by atoms with Crippen molar-refractivity contribution in [1.29, 1.82) is 0 Å². The summed E-state index contributed by atoms with van der Waals surface area (Å²) in [5.41, 5.74) is 5.12. The van der Waals surface area contributed by atoms with Crippen molar-refractivity contribution in [2.24, 2.45) is 5.73 Å². The van der Waals surface area contributed by atoms with Gasteiger partial charge in [-0.05, 0) is 31.0 Å². The molecule has 1 aromatic carbocycles. The van der Waals surface area contributed by atoms with Crippen molar-refractivity contribution in [2.45, 2.75) is 18.9 Å². The van der Waals surface area contributed by atoms with Gasteiger partial charge in [-0.1, -0.05) is 12.0 Å². The van der Waals surface area contributed by atoms with E-state index in [2.05, 4.69) is 21.2 Å². The van der Waals surface area contributed by atoms with Crippen molar-refractivity contribution >= 4 is 23.3 Å². The maximum atomic E-state index is 12.4. The molecule has 1 atom stereocenters. The number of nitro groups is 1. The van der Waals surface area contributed by atoms with Gasteiger partial charge in [-0.25, -0.2) is 4.98 Å². The van der Waals surface area contributed by atoms with Gasteiger partial charge in [-0.2, -0.15) is 4.98 Å². The first-order valence-electron chi connectivity index (χ1n) is 8.97. The second-order valence-corrected chi connectivity index (χ2v) is 6.42. The van der Waals surface area contributed by atoms with Crippen LogP contribution in [0.1, 0.15) is 18.4 Å². The number of aromatic nitrogens is 2. The number of nitrogens with one attached hydrogen (secondary N) is 1. The van der Waals surface area contributed by atoms with E-state index in [9.17, 15) is 19.7 Å². The third-order valence-corrected chi connectivity index (χ3v) is 4.43. The van der Waals surface area contributed by atoms with Crippen LogP contribution in [0.25, 0.3) is 0 Å². The highest BCUT2D eigenvalue weighted by Crippen LogP contribution is 2.38. The number of nitrogens with zero attached hydrogens (tertiary/aromatic N) is 4. The van der Waals surface area contributed by atoms with Crippen molar-refractivity contribution < 1.29 is 19.2 Å². The summed E-state index contributed by atoms with van der Waals surface area (Å²) >= 11 is 0. The summed E-state index contributed by atoms with van der Waals surface area (Å²) in [5.74, 6) is 1.25. The van der Waals surface area contributed by atoms with Gasteiger partial charge in [-0.3, -0.25) is 19.7 Å². The summed E-state index contributed by atoms with van der Waals surface area (Å²) in [6.45, 7) is 0.0352. The highest BCUT2D eigenvalue weighted by molar-refractivity contribution is 5.89. The van der Waals surface area contributed by atoms with Gasteiger partial charge >= 0.3 is 11.6 Å². The maximum absolute atomic E-state index is 12.4. The van der Waals surface area contributed by atoms with E-state index < -0.39 is 28.5 Å². The Balaban J connectivity index is 1.94. The molecule has 2 amide bonds. The molecule has 1 unspecified atom stereocenters. The van der Waals surface area contributed by atoms with Gasteiger partial charge in [-0.15, -0.1) is 6.42 Å². The molecule has 2 heterocycles. The Kier molecular flexibility index (Phi) is 6.07. The number of primary amides is 1. The fourth-order valence-corrected chi connectivity index (χ4v) is 3.14. The molecular formula is C19H18N6O5. The molecule has 1 aromatic heterocycles. The maximum Gasteiger partial charge on any atom is 0.373 e. The molecule has 154 valence electrons. The van der Waals surface area contributed by atoms with Gasteiger partial charge in [0.1, 0.15) is 18.1 Å². The largest absolute Gasteiger partial charge is 0.434 e. The Hall–Kier alpha value is -4.20. The normalized spacial score (nSPS) is 15.3. The van der Waals surface area contributed by atoms with Crippen LogP contribution < -0.4 is 20.7 Å². The second kappa shape index (κ2) is 8.87. The second-order valence-electron chi connectivity index (χ2n) is 6.42. The molecule has 1 aliphatic heterocycles. The molecule has 2 aromatic rings. The van der Waals surface area contributed by atoms with Gasteiger partial charge in [0.15, 0.2) is 0 Å². The minimum Gasteiger partial charge on any atom is -0.434 e. The van der Waals surface area contributed by atoms with Crippen molar-refractivity contribution in [3.05, 3.63) is 46.3 Å². The smallest absolute Gasteiger partial charge is 0.373 e. The Bertz CT molecular complexity index is 1030. The monoisotopic (exact) mass is 410 g/mol.